The Hall–Kier alpha value is -3.33. The molecule has 9 heteroatoms. The van der Waals surface area contributed by atoms with Gasteiger partial charge in [0, 0.05) is 18.5 Å². The third-order valence-corrected chi connectivity index (χ3v) is 4.47. The van der Waals surface area contributed by atoms with Crippen molar-refractivity contribution >= 4 is 28.3 Å². The first-order valence-electron chi connectivity index (χ1n) is 8.13. The molecule has 3 aromatic rings. The second-order valence-electron chi connectivity index (χ2n) is 5.65. The van der Waals surface area contributed by atoms with Gasteiger partial charge in [0.15, 0.2) is 5.13 Å². The molecule has 2 heterocycles. The van der Waals surface area contributed by atoms with E-state index in [0.29, 0.717) is 10.8 Å². The first kappa shape index (κ1) is 18.5. The van der Waals surface area contributed by atoms with Gasteiger partial charge in [-0.3, -0.25) is 19.7 Å². The zero-order valence-electron chi connectivity index (χ0n) is 14.5. The van der Waals surface area contributed by atoms with E-state index in [0.717, 1.165) is 5.56 Å². The summed E-state index contributed by atoms with van der Waals surface area (Å²) in [5, 5.41) is 11.4. The van der Waals surface area contributed by atoms with E-state index in [1.165, 1.54) is 28.2 Å². The lowest BCUT2D eigenvalue weighted by molar-refractivity contribution is -0.120. The van der Waals surface area contributed by atoms with Gasteiger partial charge in [-0.1, -0.05) is 30.3 Å². The van der Waals surface area contributed by atoms with Gasteiger partial charge >= 0.3 is 0 Å². The first-order chi connectivity index (χ1) is 13.0. The molecule has 0 aliphatic heterocycles. The summed E-state index contributed by atoms with van der Waals surface area (Å²) in [4.78, 5) is 40.0. The molecule has 0 saturated carbocycles. The lowest BCUT2D eigenvalue weighted by Gasteiger charge is -2.07. The summed E-state index contributed by atoms with van der Waals surface area (Å²) in [6.45, 7) is 0.272. The zero-order chi connectivity index (χ0) is 19.2. The quantitative estimate of drug-likeness (QED) is 0.667. The van der Waals surface area contributed by atoms with Gasteiger partial charge in [0.05, 0.1) is 18.7 Å². The Balaban J connectivity index is 1.72. The van der Waals surface area contributed by atoms with Crippen LogP contribution in [-0.2, 0) is 17.8 Å². The van der Waals surface area contributed by atoms with Gasteiger partial charge in [-0.05, 0) is 11.6 Å². The summed E-state index contributed by atoms with van der Waals surface area (Å²) in [6.07, 6.45) is 0.142. The second kappa shape index (κ2) is 8.37. The minimum absolute atomic E-state index is 0.105. The Morgan fingerprint density at radius 3 is 2.67 bits per heavy atom. The SMILES string of the molecule is CNC(=O)Cc1csc(NC(=O)c2ccc(=O)n(Cc3ccccc3)n2)n1. The second-order valence-corrected chi connectivity index (χ2v) is 6.51. The molecule has 0 saturated heterocycles. The Labute approximate surface area is 158 Å². The number of carbonyl (C=O) groups excluding carboxylic acids is 2. The molecule has 2 N–H and O–H groups in total. The fraction of sp³-hybridized carbons (Fsp3) is 0.167. The van der Waals surface area contributed by atoms with Gasteiger partial charge in [0.2, 0.25) is 5.91 Å². The summed E-state index contributed by atoms with van der Waals surface area (Å²) >= 11 is 1.22. The monoisotopic (exact) mass is 383 g/mol. The maximum atomic E-state index is 12.4. The molecule has 8 nitrogen and oxygen atoms in total. The third-order valence-electron chi connectivity index (χ3n) is 3.67. The maximum absolute atomic E-state index is 12.4. The zero-order valence-corrected chi connectivity index (χ0v) is 15.3. The van der Waals surface area contributed by atoms with Crippen molar-refractivity contribution in [2.24, 2.45) is 0 Å². The lowest BCUT2D eigenvalue weighted by Crippen LogP contribution is -2.26. The van der Waals surface area contributed by atoms with Crippen LogP contribution in [0.5, 0.6) is 0 Å². The van der Waals surface area contributed by atoms with Crippen molar-refractivity contribution in [3.63, 3.8) is 0 Å². The molecule has 0 aliphatic rings. The van der Waals surface area contributed by atoms with E-state index in [-0.39, 0.29) is 30.1 Å². The highest BCUT2D eigenvalue weighted by atomic mass is 32.1. The number of rotatable bonds is 6. The van der Waals surface area contributed by atoms with Gasteiger partial charge < -0.3 is 5.32 Å². The van der Waals surface area contributed by atoms with Gasteiger partial charge in [0.25, 0.3) is 11.5 Å². The van der Waals surface area contributed by atoms with Crippen LogP contribution in [-0.4, -0.2) is 33.6 Å². The fourth-order valence-corrected chi connectivity index (χ4v) is 3.00. The molecule has 0 bridgehead atoms. The molecule has 0 spiro atoms. The maximum Gasteiger partial charge on any atom is 0.277 e. The molecule has 0 aliphatic carbocycles. The van der Waals surface area contributed by atoms with Crippen LogP contribution >= 0.6 is 11.3 Å². The van der Waals surface area contributed by atoms with Gasteiger partial charge in [-0.25, -0.2) is 9.67 Å². The van der Waals surface area contributed by atoms with Crippen molar-refractivity contribution in [1.29, 1.82) is 0 Å². The van der Waals surface area contributed by atoms with E-state index in [1.54, 1.807) is 12.4 Å². The van der Waals surface area contributed by atoms with E-state index < -0.39 is 5.91 Å². The minimum atomic E-state index is -0.474. The summed E-state index contributed by atoms with van der Waals surface area (Å²) < 4.78 is 1.24. The topological polar surface area (TPSA) is 106 Å². The average Bonchev–Trinajstić information content (AvgIpc) is 3.10. The highest BCUT2D eigenvalue weighted by Crippen LogP contribution is 2.16. The molecule has 138 valence electrons. The number of aromatic nitrogens is 3. The molecule has 3 rings (SSSR count). The van der Waals surface area contributed by atoms with Crippen molar-refractivity contribution in [3.8, 4) is 0 Å². The number of amides is 2. The molecule has 0 atom stereocenters. The smallest absolute Gasteiger partial charge is 0.277 e. The number of nitrogens with one attached hydrogen (secondary N) is 2. The van der Waals surface area contributed by atoms with Gasteiger partial charge in [-0.15, -0.1) is 11.3 Å². The summed E-state index contributed by atoms with van der Waals surface area (Å²) in [7, 11) is 1.55. The van der Waals surface area contributed by atoms with E-state index >= 15 is 0 Å². The van der Waals surface area contributed by atoms with Crippen molar-refractivity contribution in [2.45, 2.75) is 13.0 Å². The third kappa shape index (κ3) is 4.85. The van der Waals surface area contributed by atoms with Gasteiger partial charge in [0.1, 0.15) is 5.69 Å². The molecular formula is C18H17N5O3S. The first-order valence-corrected chi connectivity index (χ1v) is 9.01. The van der Waals surface area contributed by atoms with Crippen LogP contribution in [0.3, 0.4) is 0 Å². The molecule has 0 radical (unpaired) electrons. The van der Waals surface area contributed by atoms with Crippen LogP contribution in [0.15, 0.2) is 52.6 Å². The van der Waals surface area contributed by atoms with Crippen molar-refractivity contribution in [1.82, 2.24) is 20.1 Å². The number of benzene rings is 1. The average molecular weight is 383 g/mol. The highest BCUT2D eigenvalue weighted by molar-refractivity contribution is 7.14. The van der Waals surface area contributed by atoms with Crippen LogP contribution < -0.4 is 16.2 Å². The van der Waals surface area contributed by atoms with Crippen molar-refractivity contribution in [3.05, 3.63) is 75.1 Å². The largest absolute Gasteiger partial charge is 0.359 e. The number of anilines is 1. The predicted octanol–water partition coefficient (Wildman–Crippen LogP) is 1.29. The highest BCUT2D eigenvalue weighted by Gasteiger charge is 2.13. The van der Waals surface area contributed by atoms with E-state index in [4.69, 9.17) is 0 Å². The standard InChI is InChI=1S/C18H17N5O3S/c1-19-15(24)9-13-11-27-18(20-13)21-17(26)14-7-8-16(25)23(22-14)10-12-5-3-2-4-6-12/h2-8,11H,9-10H2,1H3,(H,19,24)(H,20,21,26). The molecule has 2 aromatic heterocycles. The Bertz CT molecular complexity index is 1010. The van der Waals surface area contributed by atoms with E-state index in [1.807, 2.05) is 30.3 Å². The molecule has 0 fully saturated rings. The van der Waals surface area contributed by atoms with Crippen LogP contribution in [0.2, 0.25) is 0 Å². The number of likely N-dealkylation sites (N-methyl/N-ethyl adjacent to an activating group) is 1. The Morgan fingerprint density at radius 2 is 1.93 bits per heavy atom. The summed E-state index contributed by atoms with van der Waals surface area (Å²) in [6, 6.07) is 12.1. The minimum Gasteiger partial charge on any atom is -0.359 e. The van der Waals surface area contributed by atoms with Crippen LogP contribution in [0.4, 0.5) is 5.13 Å². The summed E-state index contributed by atoms with van der Waals surface area (Å²) in [5.74, 6) is -0.634. The number of hydrogen-bond acceptors (Lipinski definition) is 6. The van der Waals surface area contributed by atoms with E-state index in [2.05, 4.69) is 20.7 Å². The fourth-order valence-electron chi connectivity index (χ4n) is 2.30. The normalized spacial score (nSPS) is 10.4. The summed E-state index contributed by atoms with van der Waals surface area (Å²) in [5.41, 5.74) is 1.28. The lowest BCUT2D eigenvalue weighted by atomic mass is 10.2. The van der Waals surface area contributed by atoms with Crippen LogP contribution in [0, 0.1) is 0 Å². The van der Waals surface area contributed by atoms with Crippen LogP contribution in [0.1, 0.15) is 21.7 Å². The molecule has 0 unspecified atom stereocenters. The van der Waals surface area contributed by atoms with Crippen molar-refractivity contribution < 1.29 is 9.59 Å². The van der Waals surface area contributed by atoms with Gasteiger partial charge in [-0.2, -0.15) is 5.10 Å². The molecule has 1 aromatic carbocycles. The number of nitrogens with zero attached hydrogens (tertiary/aromatic N) is 3. The van der Waals surface area contributed by atoms with E-state index in [9.17, 15) is 14.4 Å². The Kier molecular flexibility index (Phi) is 5.72. The predicted molar refractivity (Wildman–Crippen MR) is 102 cm³/mol. The number of carbonyl (C=O) groups is 2. The number of hydrogen-bond donors (Lipinski definition) is 2. The Morgan fingerprint density at radius 1 is 1.15 bits per heavy atom. The van der Waals surface area contributed by atoms with Crippen molar-refractivity contribution in [2.75, 3.05) is 12.4 Å². The molecule has 27 heavy (non-hydrogen) atoms. The molecule has 2 amide bonds. The van der Waals surface area contributed by atoms with Crippen LogP contribution in [0.25, 0.3) is 0 Å². The number of thiazole rings is 1. The molecular weight excluding hydrogens is 366 g/mol.